The van der Waals surface area contributed by atoms with Crippen LogP contribution in [0.15, 0.2) is 29.4 Å². The van der Waals surface area contributed by atoms with Gasteiger partial charge in [-0.1, -0.05) is 37.7 Å². The Bertz CT molecular complexity index is 555. The highest BCUT2D eigenvalue weighted by molar-refractivity contribution is 7.99. The average molecular weight is 278 g/mol. The second kappa shape index (κ2) is 5.97. The maximum absolute atomic E-state index is 6.08. The highest BCUT2D eigenvalue weighted by atomic mass is 32.2. The van der Waals surface area contributed by atoms with Gasteiger partial charge in [0.05, 0.1) is 12.7 Å². The number of para-hydroxylation sites is 1. The van der Waals surface area contributed by atoms with Crippen molar-refractivity contribution in [2.45, 2.75) is 30.7 Å². The van der Waals surface area contributed by atoms with Crippen molar-refractivity contribution in [2.24, 2.45) is 0 Å². The molecule has 0 fully saturated rings. The van der Waals surface area contributed by atoms with Gasteiger partial charge in [-0.2, -0.15) is 0 Å². The lowest BCUT2D eigenvalue weighted by molar-refractivity contribution is 0.416. The van der Waals surface area contributed by atoms with E-state index in [9.17, 15) is 0 Å². The number of methoxy groups -OCH3 is 1. The molecule has 1 atom stereocenters. The third kappa shape index (κ3) is 2.84. The van der Waals surface area contributed by atoms with Crippen molar-refractivity contribution in [1.29, 1.82) is 0 Å². The van der Waals surface area contributed by atoms with Crippen LogP contribution in [0.4, 0.5) is 0 Å². The fraction of sp³-hybridized carbons (Fsp3) is 0.385. The van der Waals surface area contributed by atoms with Gasteiger partial charge in [0.15, 0.2) is 5.82 Å². The van der Waals surface area contributed by atoms with Gasteiger partial charge in [-0.05, 0) is 18.6 Å². The van der Waals surface area contributed by atoms with Crippen LogP contribution in [-0.4, -0.2) is 27.2 Å². The molecule has 6 heteroatoms. The predicted molar refractivity (Wildman–Crippen MR) is 77.8 cm³/mol. The summed E-state index contributed by atoms with van der Waals surface area (Å²) < 4.78 is 6.85. The summed E-state index contributed by atoms with van der Waals surface area (Å²) in [7, 11) is 1.63. The van der Waals surface area contributed by atoms with E-state index < -0.39 is 0 Å². The second-order valence-electron chi connectivity index (χ2n) is 4.21. The van der Waals surface area contributed by atoms with Gasteiger partial charge in [0.1, 0.15) is 5.75 Å². The Kier molecular flexibility index (Phi) is 4.31. The lowest BCUT2D eigenvalue weighted by Crippen LogP contribution is -2.13. The van der Waals surface area contributed by atoms with E-state index in [1.807, 2.05) is 24.3 Å². The summed E-state index contributed by atoms with van der Waals surface area (Å²) in [5, 5.41) is 9.49. The predicted octanol–water partition coefficient (Wildman–Crippen LogP) is 2.56. The first-order valence-electron chi connectivity index (χ1n) is 6.17. The van der Waals surface area contributed by atoms with Crippen molar-refractivity contribution < 1.29 is 4.74 Å². The summed E-state index contributed by atoms with van der Waals surface area (Å²) in [6.45, 7) is 4.28. The Balaban J connectivity index is 2.36. The highest BCUT2D eigenvalue weighted by Crippen LogP contribution is 2.30. The van der Waals surface area contributed by atoms with Crippen molar-refractivity contribution in [2.75, 3.05) is 13.0 Å². The SMILES string of the molecule is CCC(C)Sc1nnc(-c2ccccc2OC)n1N. The minimum atomic E-state index is 0.456. The highest BCUT2D eigenvalue weighted by Gasteiger charge is 2.16. The van der Waals surface area contributed by atoms with Gasteiger partial charge in [-0.3, -0.25) is 0 Å². The van der Waals surface area contributed by atoms with E-state index in [1.54, 1.807) is 18.9 Å². The van der Waals surface area contributed by atoms with Crippen LogP contribution in [0.25, 0.3) is 11.4 Å². The molecule has 102 valence electrons. The van der Waals surface area contributed by atoms with E-state index in [-0.39, 0.29) is 0 Å². The molecule has 0 bridgehead atoms. The van der Waals surface area contributed by atoms with Gasteiger partial charge in [0.2, 0.25) is 5.16 Å². The Morgan fingerprint density at radius 3 is 2.79 bits per heavy atom. The van der Waals surface area contributed by atoms with E-state index in [0.717, 1.165) is 22.9 Å². The zero-order valence-corrected chi connectivity index (χ0v) is 12.1. The number of rotatable bonds is 5. The zero-order valence-electron chi connectivity index (χ0n) is 11.3. The van der Waals surface area contributed by atoms with E-state index in [1.165, 1.54) is 4.68 Å². The van der Waals surface area contributed by atoms with Crippen LogP contribution in [0.1, 0.15) is 20.3 Å². The number of aromatic nitrogens is 3. The lowest BCUT2D eigenvalue weighted by Gasteiger charge is -2.09. The summed E-state index contributed by atoms with van der Waals surface area (Å²) in [4.78, 5) is 0. The number of hydrogen-bond donors (Lipinski definition) is 1. The lowest BCUT2D eigenvalue weighted by atomic mass is 10.2. The van der Waals surface area contributed by atoms with E-state index >= 15 is 0 Å². The van der Waals surface area contributed by atoms with Gasteiger partial charge in [0, 0.05) is 5.25 Å². The summed E-state index contributed by atoms with van der Waals surface area (Å²) in [5.41, 5.74) is 0.844. The molecule has 0 saturated carbocycles. The number of ether oxygens (including phenoxy) is 1. The molecule has 0 amide bonds. The normalized spacial score (nSPS) is 12.4. The first kappa shape index (κ1) is 13.7. The topological polar surface area (TPSA) is 66.0 Å². The summed E-state index contributed by atoms with van der Waals surface area (Å²) in [6, 6.07) is 7.64. The van der Waals surface area contributed by atoms with Crippen LogP contribution in [-0.2, 0) is 0 Å². The average Bonchev–Trinajstić information content (AvgIpc) is 2.80. The van der Waals surface area contributed by atoms with Gasteiger partial charge in [0.25, 0.3) is 0 Å². The molecule has 0 saturated heterocycles. The molecule has 0 spiro atoms. The molecule has 1 aromatic heterocycles. The molecule has 2 rings (SSSR count). The first-order valence-corrected chi connectivity index (χ1v) is 7.05. The maximum atomic E-state index is 6.08. The van der Waals surface area contributed by atoms with Gasteiger partial charge < -0.3 is 10.6 Å². The fourth-order valence-electron chi connectivity index (χ4n) is 1.63. The second-order valence-corrected chi connectivity index (χ2v) is 5.62. The van der Waals surface area contributed by atoms with Crippen LogP contribution in [0.2, 0.25) is 0 Å². The third-order valence-electron chi connectivity index (χ3n) is 2.89. The van der Waals surface area contributed by atoms with Crippen molar-refractivity contribution in [3.05, 3.63) is 24.3 Å². The number of nitrogens with zero attached hydrogens (tertiary/aromatic N) is 3. The Hall–Kier alpha value is -1.69. The summed E-state index contributed by atoms with van der Waals surface area (Å²) in [5.74, 6) is 7.43. The number of benzene rings is 1. The number of thioether (sulfide) groups is 1. The minimum Gasteiger partial charge on any atom is -0.496 e. The van der Waals surface area contributed by atoms with Crippen LogP contribution in [0, 0.1) is 0 Å². The third-order valence-corrected chi connectivity index (χ3v) is 4.12. The smallest absolute Gasteiger partial charge is 0.210 e. The van der Waals surface area contributed by atoms with Crippen molar-refractivity contribution >= 4 is 11.8 Å². The minimum absolute atomic E-state index is 0.456. The molecule has 0 radical (unpaired) electrons. The van der Waals surface area contributed by atoms with Crippen LogP contribution >= 0.6 is 11.8 Å². The molecular weight excluding hydrogens is 260 g/mol. The standard InChI is InChI=1S/C13H18N4OS/c1-4-9(2)19-13-16-15-12(17(13)14)10-7-5-6-8-11(10)18-3/h5-9H,4,14H2,1-3H3. The number of nitrogen functional groups attached to an aromatic ring is 1. The molecular formula is C13H18N4OS. The quantitative estimate of drug-likeness (QED) is 0.672. The Morgan fingerprint density at radius 2 is 2.11 bits per heavy atom. The zero-order chi connectivity index (χ0) is 13.8. The van der Waals surface area contributed by atoms with Crippen molar-refractivity contribution in [1.82, 2.24) is 14.9 Å². The maximum Gasteiger partial charge on any atom is 0.210 e. The van der Waals surface area contributed by atoms with Gasteiger partial charge in [-0.25, -0.2) is 4.68 Å². The van der Waals surface area contributed by atoms with E-state index in [4.69, 9.17) is 10.6 Å². The first-order chi connectivity index (χ1) is 9.17. The Labute approximate surface area is 117 Å². The number of nitrogens with two attached hydrogens (primary N) is 1. The van der Waals surface area contributed by atoms with Gasteiger partial charge in [-0.15, -0.1) is 10.2 Å². The van der Waals surface area contributed by atoms with Crippen molar-refractivity contribution in [3.63, 3.8) is 0 Å². The summed E-state index contributed by atoms with van der Waals surface area (Å²) >= 11 is 1.62. The molecule has 0 aliphatic rings. The molecule has 1 heterocycles. The molecule has 2 N–H and O–H groups in total. The molecule has 1 unspecified atom stereocenters. The van der Waals surface area contributed by atoms with E-state index in [2.05, 4.69) is 24.0 Å². The largest absolute Gasteiger partial charge is 0.496 e. The van der Waals surface area contributed by atoms with Crippen molar-refractivity contribution in [3.8, 4) is 17.1 Å². The van der Waals surface area contributed by atoms with Crippen LogP contribution in [0.5, 0.6) is 5.75 Å². The summed E-state index contributed by atoms with van der Waals surface area (Å²) in [6.07, 6.45) is 1.06. The fourth-order valence-corrected chi connectivity index (χ4v) is 2.45. The number of hydrogen-bond acceptors (Lipinski definition) is 5. The Morgan fingerprint density at radius 1 is 1.37 bits per heavy atom. The molecule has 2 aromatic rings. The van der Waals surface area contributed by atoms with Crippen LogP contribution < -0.4 is 10.6 Å². The van der Waals surface area contributed by atoms with Gasteiger partial charge >= 0.3 is 0 Å². The molecule has 0 aliphatic carbocycles. The molecule has 0 aliphatic heterocycles. The monoisotopic (exact) mass is 278 g/mol. The van der Waals surface area contributed by atoms with Crippen LogP contribution in [0.3, 0.4) is 0 Å². The molecule has 19 heavy (non-hydrogen) atoms. The molecule has 5 nitrogen and oxygen atoms in total. The van der Waals surface area contributed by atoms with E-state index in [0.29, 0.717) is 11.1 Å². The molecule has 1 aromatic carbocycles.